The van der Waals surface area contributed by atoms with E-state index in [1.54, 1.807) is 0 Å². The van der Waals surface area contributed by atoms with Crippen LogP contribution in [0.25, 0.3) is 0 Å². The lowest BCUT2D eigenvalue weighted by molar-refractivity contribution is -0.127. The van der Waals surface area contributed by atoms with Crippen molar-refractivity contribution in [3.8, 4) is 0 Å². The first-order chi connectivity index (χ1) is 10.1. The van der Waals surface area contributed by atoms with Crippen molar-refractivity contribution in [2.24, 2.45) is 0 Å². The summed E-state index contributed by atoms with van der Waals surface area (Å²) < 4.78 is 0. The number of aromatic amines is 2. The number of aromatic nitrogens is 2. The van der Waals surface area contributed by atoms with Gasteiger partial charge in [-0.25, -0.2) is 4.79 Å². The number of nitrogens with zero attached hydrogens (tertiary/aromatic N) is 2. The second kappa shape index (κ2) is 5.85. The highest BCUT2D eigenvalue weighted by Gasteiger charge is 2.22. The van der Waals surface area contributed by atoms with Crippen molar-refractivity contribution < 1.29 is 4.79 Å². The number of amides is 1. The van der Waals surface area contributed by atoms with Crippen molar-refractivity contribution in [2.45, 2.75) is 32.2 Å². The van der Waals surface area contributed by atoms with Gasteiger partial charge in [0.15, 0.2) is 0 Å². The summed E-state index contributed by atoms with van der Waals surface area (Å²) in [5.41, 5.74) is 0.715. The number of H-pyrrole nitrogens is 2. The Kier molecular flexibility index (Phi) is 3.92. The van der Waals surface area contributed by atoms with Crippen LogP contribution in [0, 0.1) is 0 Å². The molecule has 1 saturated heterocycles. The Labute approximate surface area is 122 Å². The van der Waals surface area contributed by atoms with Crippen LogP contribution in [0.2, 0.25) is 0 Å². The van der Waals surface area contributed by atoms with E-state index in [1.165, 1.54) is 0 Å². The molecule has 7 heteroatoms. The van der Waals surface area contributed by atoms with Gasteiger partial charge in [0.1, 0.15) is 0 Å². The Morgan fingerprint density at radius 3 is 2.62 bits per heavy atom. The van der Waals surface area contributed by atoms with E-state index < -0.39 is 5.69 Å². The molecule has 0 aliphatic carbocycles. The Morgan fingerprint density at radius 1 is 1.00 bits per heavy atom. The molecule has 2 N–H and O–H groups in total. The Balaban J connectivity index is 1.55. The molecule has 0 atom stereocenters. The summed E-state index contributed by atoms with van der Waals surface area (Å²) in [7, 11) is 0. The van der Waals surface area contributed by atoms with Gasteiger partial charge in [0.25, 0.3) is 5.56 Å². The molecule has 7 nitrogen and oxygen atoms in total. The van der Waals surface area contributed by atoms with Crippen molar-refractivity contribution in [3.63, 3.8) is 0 Å². The fraction of sp³-hybridized carbons (Fsp3) is 0.643. The summed E-state index contributed by atoms with van der Waals surface area (Å²) in [6, 6.07) is 0. The zero-order chi connectivity index (χ0) is 14.8. The highest BCUT2D eigenvalue weighted by Crippen LogP contribution is 2.14. The van der Waals surface area contributed by atoms with E-state index in [0.717, 1.165) is 44.7 Å². The van der Waals surface area contributed by atoms with Crippen LogP contribution in [0.15, 0.2) is 9.59 Å². The van der Waals surface area contributed by atoms with E-state index in [-0.39, 0.29) is 11.5 Å². The molecule has 1 aromatic heterocycles. The first-order valence-corrected chi connectivity index (χ1v) is 7.48. The Morgan fingerprint density at radius 2 is 1.86 bits per heavy atom. The molecule has 0 radical (unpaired) electrons. The Hall–Kier alpha value is -1.89. The molecule has 2 aliphatic heterocycles. The second-order valence-electron chi connectivity index (χ2n) is 5.73. The minimum absolute atomic E-state index is 0.259. The molecular weight excluding hydrogens is 272 g/mol. The van der Waals surface area contributed by atoms with E-state index in [0.29, 0.717) is 24.9 Å². The molecule has 3 heterocycles. The maximum atomic E-state index is 11.7. The third-order valence-corrected chi connectivity index (χ3v) is 4.26. The fourth-order valence-electron chi connectivity index (χ4n) is 3.15. The van der Waals surface area contributed by atoms with Crippen LogP contribution in [0.4, 0.5) is 0 Å². The van der Waals surface area contributed by atoms with E-state index in [9.17, 15) is 14.4 Å². The summed E-state index contributed by atoms with van der Waals surface area (Å²) in [6.07, 6.45) is 3.24. The van der Waals surface area contributed by atoms with Crippen molar-refractivity contribution in [3.05, 3.63) is 32.1 Å². The average Bonchev–Trinajstić information content (AvgIpc) is 2.84. The van der Waals surface area contributed by atoms with Gasteiger partial charge in [0, 0.05) is 50.4 Å². The summed E-state index contributed by atoms with van der Waals surface area (Å²) in [6.45, 7) is 3.97. The Bertz CT molecular complexity index is 648. The molecule has 1 aromatic rings. The minimum atomic E-state index is -0.441. The molecule has 114 valence electrons. The lowest BCUT2D eigenvalue weighted by Crippen LogP contribution is -2.39. The molecule has 3 rings (SSSR count). The molecule has 0 spiro atoms. The van der Waals surface area contributed by atoms with E-state index in [1.807, 2.05) is 4.90 Å². The highest BCUT2D eigenvalue weighted by atomic mass is 16.2. The number of nitrogens with one attached hydrogen (secondary N) is 2. The third kappa shape index (κ3) is 3.07. The van der Waals surface area contributed by atoms with Crippen LogP contribution < -0.4 is 11.2 Å². The maximum absolute atomic E-state index is 11.7. The number of likely N-dealkylation sites (tertiary alicyclic amines) is 1. The fourth-order valence-corrected chi connectivity index (χ4v) is 3.15. The van der Waals surface area contributed by atoms with Gasteiger partial charge in [-0.15, -0.1) is 0 Å². The molecule has 0 aromatic carbocycles. The van der Waals surface area contributed by atoms with Crippen LogP contribution in [-0.2, 0) is 17.8 Å². The van der Waals surface area contributed by atoms with E-state index in [4.69, 9.17) is 0 Å². The zero-order valence-corrected chi connectivity index (χ0v) is 12.0. The number of carbonyl (C=O) groups excluding carboxylic acids is 1. The molecule has 1 amide bonds. The third-order valence-electron chi connectivity index (χ3n) is 4.26. The van der Waals surface area contributed by atoms with E-state index in [2.05, 4.69) is 14.9 Å². The first kappa shape index (κ1) is 14.1. The van der Waals surface area contributed by atoms with Gasteiger partial charge in [-0.3, -0.25) is 19.5 Å². The van der Waals surface area contributed by atoms with Gasteiger partial charge in [-0.05, 0) is 19.3 Å². The van der Waals surface area contributed by atoms with Crippen molar-refractivity contribution in [1.29, 1.82) is 0 Å². The van der Waals surface area contributed by atoms with Gasteiger partial charge >= 0.3 is 5.69 Å². The monoisotopic (exact) mass is 292 g/mol. The largest absolute Gasteiger partial charge is 0.343 e. The predicted octanol–water partition coefficient (Wildman–Crippen LogP) is -0.566. The molecule has 1 fully saturated rings. The summed E-state index contributed by atoms with van der Waals surface area (Å²) in [4.78, 5) is 43.7. The number of fused-ring (bicyclic) bond motifs is 1. The molecule has 21 heavy (non-hydrogen) atoms. The molecular formula is C14H20N4O3. The van der Waals surface area contributed by atoms with Crippen LogP contribution >= 0.6 is 0 Å². The maximum Gasteiger partial charge on any atom is 0.325 e. The SMILES string of the molecule is O=C1CCCN1CCCN1CCc2c([nH]c(=O)[nH]c2=O)C1. The quantitative estimate of drug-likeness (QED) is 0.778. The molecule has 2 aliphatic rings. The zero-order valence-electron chi connectivity index (χ0n) is 12.0. The summed E-state index contributed by atoms with van der Waals surface area (Å²) in [5, 5.41) is 0. The van der Waals surface area contributed by atoms with Crippen LogP contribution in [0.3, 0.4) is 0 Å². The minimum Gasteiger partial charge on any atom is -0.343 e. The predicted molar refractivity (Wildman–Crippen MR) is 77.1 cm³/mol. The van der Waals surface area contributed by atoms with Gasteiger partial charge in [-0.1, -0.05) is 0 Å². The van der Waals surface area contributed by atoms with Crippen molar-refractivity contribution in [1.82, 2.24) is 19.8 Å². The van der Waals surface area contributed by atoms with Crippen LogP contribution in [0.1, 0.15) is 30.5 Å². The lowest BCUT2D eigenvalue weighted by atomic mass is 10.1. The number of carbonyl (C=O) groups is 1. The van der Waals surface area contributed by atoms with Crippen LogP contribution in [-0.4, -0.2) is 51.9 Å². The normalized spacial score (nSPS) is 19.0. The van der Waals surface area contributed by atoms with Crippen molar-refractivity contribution in [2.75, 3.05) is 26.2 Å². The number of hydrogen-bond donors (Lipinski definition) is 2. The highest BCUT2D eigenvalue weighted by molar-refractivity contribution is 5.77. The number of rotatable bonds is 4. The summed E-state index contributed by atoms with van der Waals surface area (Å²) >= 11 is 0. The molecule has 0 unspecified atom stereocenters. The van der Waals surface area contributed by atoms with E-state index >= 15 is 0 Å². The van der Waals surface area contributed by atoms with Gasteiger partial charge < -0.3 is 9.88 Å². The van der Waals surface area contributed by atoms with Gasteiger partial charge in [0.05, 0.1) is 0 Å². The standard InChI is InChI=1S/C14H20N4O3/c19-12-3-1-6-18(12)7-2-5-17-8-4-10-11(9-17)15-14(21)16-13(10)20/h1-9H2,(H2,15,16,20,21). The second-order valence-corrected chi connectivity index (χ2v) is 5.73. The van der Waals surface area contributed by atoms with Gasteiger partial charge in [-0.2, -0.15) is 0 Å². The number of hydrogen-bond acceptors (Lipinski definition) is 4. The lowest BCUT2D eigenvalue weighted by Gasteiger charge is -2.28. The van der Waals surface area contributed by atoms with Crippen LogP contribution in [0.5, 0.6) is 0 Å². The topological polar surface area (TPSA) is 89.3 Å². The summed E-state index contributed by atoms with van der Waals surface area (Å²) in [5.74, 6) is 0.259. The van der Waals surface area contributed by atoms with Gasteiger partial charge in [0.2, 0.25) is 5.91 Å². The molecule has 0 saturated carbocycles. The smallest absolute Gasteiger partial charge is 0.325 e. The first-order valence-electron chi connectivity index (χ1n) is 7.48. The average molecular weight is 292 g/mol. The molecule has 0 bridgehead atoms. The van der Waals surface area contributed by atoms with Crippen molar-refractivity contribution >= 4 is 5.91 Å².